The largest absolute Gasteiger partial charge is 0.486 e. The number of hydrogen-bond acceptors (Lipinski definition) is 6. The maximum atomic E-state index is 6.31. The standard InChI is InChI=1S/C15H17N3O3/c1-19-14-8-10(17-9-18-14)7-12(16)11-3-2-4-13-15(11)21-6-5-20-13/h2-4,8-9,12H,5-7,16H2,1H3. The molecule has 0 amide bonds. The fourth-order valence-electron chi connectivity index (χ4n) is 2.32. The van der Waals surface area contributed by atoms with E-state index < -0.39 is 0 Å². The highest BCUT2D eigenvalue weighted by Gasteiger charge is 2.20. The molecular weight excluding hydrogens is 270 g/mol. The molecule has 2 heterocycles. The Morgan fingerprint density at radius 3 is 3.00 bits per heavy atom. The van der Waals surface area contributed by atoms with Gasteiger partial charge in [0.15, 0.2) is 11.5 Å². The Labute approximate surface area is 122 Å². The van der Waals surface area contributed by atoms with E-state index in [4.69, 9.17) is 19.9 Å². The molecule has 21 heavy (non-hydrogen) atoms. The molecule has 0 bridgehead atoms. The van der Waals surface area contributed by atoms with Gasteiger partial charge in [0.2, 0.25) is 5.88 Å². The summed E-state index contributed by atoms with van der Waals surface area (Å²) < 4.78 is 16.4. The molecule has 0 saturated heterocycles. The van der Waals surface area contributed by atoms with E-state index in [-0.39, 0.29) is 6.04 Å². The van der Waals surface area contributed by atoms with Crippen LogP contribution in [0.1, 0.15) is 17.3 Å². The first-order chi connectivity index (χ1) is 10.3. The molecule has 1 aromatic heterocycles. The molecule has 0 saturated carbocycles. The number of ether oxygens (including phenoxy) is 3. The summed E-state index contributed by atoms with van der Waals surface area (Å²) >= 11 is 0. The second-order valence-corrected chi connectivity index (χ2v) is 4.73. The normalized spacial score (nSPS) is 14.6. The first-order valence-corrected chi connectivity index (χ1v) is 6.77. The lowest BCUT2D eigenvalue weighted by molar-refractivity contribution is 0.169. The number of para-hydroxylation sites is 1. The quantitative estimate of drug-likeness (QED) is 0.918. The van der Waals surface area contributed by atoms with Crippen LogP contribution in [-0.4, -0.2) is 30.3 Å². The van der Waals surface area contributed by atoms with Gasteiger partial charge in [0.05, 0.1) is 7.11 Å². The molecule has 1 unspecified atom stereocenters. The maximum absolute atomic E-state index is 6.31. The van der Waals surface area contributed by atoms with Crippen LogP contribution in [0.25, 0.3) is 0 Å². The summed E-state index contributed by atoms with van der Waals surface area (Å²) in [5, 5.41) is 0. The minimum atomic E-state index is -0.235. The van der Waals surface area contributed by atoms with E-state index in [1.807, 2.05) is 18.2 Å². The van der Waals surface area contributed by atoms with Crippen molar-refractivity contribution in [3.8, 4) is 17.4 Å². The molecule has 0 spiro atoms. The van der Waals surface area contributed by atoms with Gasteiger partial charge in [0.25, 0.3) is 0 Å². The highest BCUT2D eigenvalue weighted by atomic mass is 16.6. The first-order valence-electron chi connectivity index (χ1n) is 6.77. The molecule has 6 nitrogen and oxygen atoms in total. The van der Waals surface area contributed by atoms with Crippen LogP contribution in [0.5, 0.6) is 17.4 Å². The predicted octanol–water partition coefficient (Wildman–Crippen LogP) is 1.50. The van der Waals surface area contributed by atoms with Crippen molar-refractivity contribution in [2.24, 2.45) is 5.73 Å². The van der Waals surface area contributed by atoms with Gasteiger partial charge in [-0.1, -0.05) is 12.1 Å². The third-order valence-electron chi connectivity index (χ3n) is 3.33. The Morgan fingerprint density at radius 1 is 1.29 bits per heavy atom. The molecule has 0 fully saturated rings. The number of benzene rings is 1. The average molecular weight is 287 g/mol. The molecule has 2 aromatic rings. The SMILES string of the molecule is COc1cc(CC(N)c2cccc3c2OCCO3)ncn1. The molecule has 3 rings (SSSR count). The molecule has 6 heteroatoms. The number of aromatic nitrogens is 2. The predicted molar refractivity (Wildman–Crippen MR) is 76.6 cm³/mol. The zero-order valence-electron chi connectivity index (χ0n) is 11.8. The molecule has 1 aliphatic rings. The summed E-state index contributed by atoms with van der Waals surface area (Å²) in [7, 11) is 1.57. The second-order valence-electron chi connectivity index (χ2n) is 4.73. The minimum absolute atomic E-state index is 0.235. The van der Waals surface area contributed by atoms with Gasteiger partial charge in [0, 0.05) is 29.8 Å². The van der Waals surface area contributed by atoms with Crippen molar-refractivity contribution in [2.75, 3.05) is 20.3 Å². The zero-order valence-corrected chi connectivity index (χ0v) is 11.8. The number of hydrogen-bond donors (Lipinski definition) is 1. The van der Waals surface area contributed by atoms with E-state index in [9.17, 15) is 0 Å². The third kappa shape index (κ3) is 2.90. The summed E-state index contributed by atoms with van der Waals surface area (Å²) in [5.74, 6) is 2.01. The fourth-order valence-corrected chi connectivity index (χ4v) is 2.32. The van der Waals surface area contributed by atoms with Crippen molar-refractivity contribution in [3.05, 3.63) is 41.9 Å². The lowest BCUT2D eigenvalue weighted by atomic mass is 10.0. The van der Waals surface area contributed by atoms with Crippen LogP contribution in [0.4, 0.5) is 0 Å². The molecule has 110 valence electrons. The zero-order chi connectivity index (χ0) is 14.7. The van der Waals surface area contributed by atoms with Crippen molar-refractivity contribution in [3.63, 3.8) is 0 Å². The summed E-state index contributed by atoms with van der Waals surface area (Å²) in [6.45, 7) is 1.10. The molecule has 0 aliphatic carbocycles. The Bertz CT molecular complexity index is 633. The third-order valence-corrected chi connectivity index (χ3v) is 3.33. The van der Waals surface area contributed by atoms with E-state index in [0.717, 1.165) is 22.8 Å². The van der Waals surface area contributed by atoms with Crippen LogP contribution in [-0.2, 0) is 6.42 Å². The van der Waals surface area contributed by atoms with Crippen molar-refractivity contribution in [2.45, 2.75) is 12.5 Å². The highest BCUT2D eigenvalue weighted by Crippen LogP contribution is 2.37. The van der Waals surface area contributed by atoms with Crippen LogP contribution < -0.4 is 19.9 Å². The molecule has 1 aliphatic heterocycles. The average Bonchev–Trinajstić information content (AvgIpc) is 2.54. The van der Waals surface area contributed by atoms with E-state index >= 15 is 0 Å². The van der Waals surface area contributed by atoms with Crippen molar-refractivity contribution < 1.29 is 14.2 Å². The summed E-state index contributed by atoms with van der Waals surface area (Å²) in [6, 6.07) is 7.31. The molecule has 1 atom stereocenters. The van der Waals surface area contributed by atoms with E-state index in [0.29, 0.717) is 25.5 Å². The van der Waals surface area contributed by atoms with Gasteiger partial charge >= 0.3 is 0 Å². The number of nitrogens with zero attached hydrogens (tertiary/aromatic N) is 2. The molecule has 0 radical (unpaired) electrons. The van der Waals surface area contributed by atoms with Gasteiger partial charge in [-0.3, -0.25) is 0 Å². The number of nitrogens with two attached hydrogens (primary N) is 1. The fraction of sp³-hybridized carbons (Fsp3) is 0.333. The van der Waals surface area contributed by atoms with Crippen molar-refractivity contribution in [1.29, 1.82) is 0 Å². The van der Waals surface area contributed by atoms with Crippen LogP contribution >= 0.6 is 0 Å². The van der Waals surface area contributed by atoms with Gasteiger partial charge in [-0.15, -0.1) is 0 Å². The number of rotatable bonds is 4. The Morgan fingerprint density at radius 2 is 2.14 bits per heavy atom. The molecule has 2 N–H and O–H groups in total. The number of methoxy groups -OCH3 is 1. The summed E-state index contributed by atoms with van der Waals surface area (Å²) in [6.07, 6.45) is 2.04. The van der Waals surface area contributed by atoms with E-state index in [2.05, 4.69) is 9.97 Å². The monoisotopic (exact) mass is 287 g/mol. The minimum Gasteiger partial charge on any atom is -0.486 e. The van der Waals surface area contributed by atoms with Gasteiger partial charge in [-0.25, -0.2) is 9.97 Å². The van der Waals surface area contributed by atoms with Crippen LogP contribution in [0.2, 0.25) is 0 Å². The highest BCUT2D eigenvalue weighted by molar-refractivity contribution is 5.49. The molecule has 1 aromatic carbocycles. The smallest absolute Gasteiger partial charge is 0.216 e. The summed E-state index contributed by atoms with van der Waals surface area (Å²) in [5.41, 5.74) is 8.05. The molecular formula is C15H17N3O3. The van der Waals surface area contributed by atoms with Crippen LogP contribution in [0, 0.1) is 0 Å². The Kier molecular flexibility index (Phi) is 3.87. The Balaban J connectivity index is 1.83. The number of fused-ring (bicyclic) bond motifs is 1. The van der Waals surface area contributed by atoms with Crippen molar-refractivity contribution >= 4 is 0 Å². The van der Waals surface area contributed by atoms with Crippen molar-refractivity contribution in [1.82, 2.24) is 9.97 Å². The van der Waals surface area contributed by atoms with Crippen LogP contribution in [0.3, 0.4) is 0 Å². The maximum Gasteiger partial charge on any atom is 0.216 e. The van der Waals surface area contributed by atoms with Crippen LogP contribution in [0.15, 0.2) is 30.6 Å². The van der Waals surface area contributed by atoms with E-state index in [1.54, 1.807) is 13.2 Å². The van der Waals surface area contributed by atoms with Gasteiger partial charge in [-0.2, -0.15) is 0 Å². The second kappa shape index (κ2) is 5.97. The van der Waals surface area contributed by atoms with E-state index in [1.165, 1.54) is 6.33 Å². The topological polar surface area (TPSA) is 79.5 Å². The lowest BCUT2D eigenvalue weighted by Crippen LogP contribution is -2.20. The lowest BCUT2D eigenvalue weighted by Gasteiger charge is -2.23. The first kappa shape index (κ1) is 13.6. The Hall–Kier alpha value is -2.34. The van der Waals surface area contributed by atoms with Gasteiger partial charge in [-0.05, 0) is 6.07 Å². The van der Waals surface area contributed by atoms with Gasteiger partial charge < -0.3 is 19.9 Å². The van der Waals surface area contributed by atoms with Gasteiger partial charge in [0.1, 0.15) is 19.5 Å². The summed E-state index contributed by atoms with van der Waals surface area (Å²) in [4.78, 5) is 8.21.